The zero-order valence-electron chi connectivity index (χ0n) is 12.3. The Balaban J connectivity index is 1.44. The zero-order valence-corrected chi connectivity index (χ0v) is 12.3. The second-order valence-corrected chi connectivity index (χ2v) is 5.89. The van der Waals surface area contributed by atoms with Crippen LogP contribution in [0.1, 0.15) is 41.0 Å². The molecule has 0 unspecified atom stereocenters. The summed E-state index contributed by atoms with van der Waals surface area (Å²) in [7, 11) is 0. The van der Waals surface area contributed by atoms with E-state index >= 15 is 0 Å². The van der Waals surface area contributed by atoms with Crippen LogP contribution in [0.3, 0.4) is 0 Å². The van der Waals surface area contributed by atoms with Crippen molar-refractivity contribution >= 4 is 5.91 Å². The lowest BCUT2D eigenvalue weighted by Crippen LogP contribution is -2.45. The SMILES string of the molecule is Cc1noc([C@@H]2C[C@H]3CCN(C(=O)c4ccoc4)C[C@@H]3O2)n1. The third-order valence-corrected chi connectivity index (χ3v) is 4.43. The van der Waals surface area contributed by atoms with Crippen LogP contribution >= 0.6 is 0 Å². The molecule has 2 aliphatic rings. The molecule has 0 bridgehead atoms. The number of aryl methyl sites for hydroxylation is 1. The maximum atomic E-state index is 12.4. The van der Waals surface area contributed by atoms with Gasteiger partial charge in [0.1, 0.15) is 12.4 Å². The number of amides is 1. The molecule has 0 aromatic carbocycles. The van der Waals surface area contributed by atoms with Gasteiger partial charge in [-0.3, -0.25) is 4.79 Å². The number of hydrogen-bond acceptors (Lipinski definition) is 6. The molecule has 2 fully saturated rings. The molecule has 4 rings (SSSR count). The van der Waals surface area contributed by atoms with Gasteiger partial charge in [-0.1, -0.05) is 5.16 Å². The van der Waals surface area contributed by atoms with E-state index in [1.807, 2.05) is 4.90 Å². The lowest BCUT2D eigenvalue weighted by atomic mass is 9.91. The third kappa shape index (κ3) is 2.31. The fourth-order valence-electron chi connectivity index (χ4n) is 3.29. The van der Waals surface area contributed by atoms with Crippen LogP contribution in [0.2, 0.25) is 0 Å². The first kappa shape index (κ1) is 13.5. The Morgan fingerprint density at radius 1 is 1.45 bits per heavy atom. The van der Waals surface area contributed by atoms with E-state index in [0.717, 1.165) is 19.4 Å². The van der Waals surface area contributed by atoms with Gasteiger partial charge in [0.05, 0.1) is 17.9 Å². The number of furan rings is 1. The van der Waals surface area contributed by atoms with Crippen molar-refractivity contribution < 1.29 is 18.5 Å². The molecular weight excluding hydrogens is 286 g/mol. The fraction of sp³-hybridized carbons (Fsp3) is 0.533. The Morgan fingerprint density at radius 2 is 2.36 bits per heavy atom. The Labute approximate surface area is 127 Å². The van der Waals surface area contributed by atoms with Crippen molar-refractivity contribution in [2.45, 2.75) is 32.0 Å². The summed E-state index contributed by atoms with van der Waals surface area (Å²) in [5, 5.41) is 3.81. The van der Waals surface area contributed by atoms with Crippen LogP contribution in [0.25, 0.3) is 0 Å². The summed E-state index contributed by atoms with van der Waals surface area (Å²) in [4.78, 5) is 18.5. The maximum Gasteiger partial charge on any atom is 0.257 e. The Hall–Kier alpha value is -2.15. The molecule has 2 aromatic rings. The van der Waals surface area contributed by atoms with Gasteiger partial charge in [0, 0.05) is 13.1 Å². The first-order chi connectivity index (χ1) is 10.7. The molecule has 1 amide bonds. The first-order valence-corrected chi connectivity index (χ1v) is 7.48. The average molecular weight is 303 g/mol. The van der Waals surface area contributed by atoms with Gasteiger partial charge in [-0.05, 0) is 31.7 Å². The number of likely N-dealkylation sites (tertiary alicyclic amines) is 1. The number of carbonyl (C=O) groups excluding carboxylic acids is 1. The van der Waals surface area contributed by atoms with Crippen molar-refractivity contribution in [1.29, 1.82) is 0 Å². The summed E-state index contributed by atoms with van der Waals surface area (Å²) < 4.78 is 16.2. The summed E-state index contributed by atoms with van der Waals surface area (Å²) in [5.41, 5.74) is 0.584. The smallest absolute Gasteiger partial charge is 0.257 e. The molecule has 22 heavy (non-hydrogen) atoms. The van der Waals surface area contributed by atoms with Crippen LogP contribution in [0.5, 0.6) is 0 Å². The van der Waals surface area contributed by atoms with E-state index in [0.29, 0.717) is 29.7 Å². The molecule has 0 spiro atoms. The quantitative estimate of drug-likeness (QED) is 0.843. The second-order valence-electron chi connectivity index (χ2n) is 5.89. The number of aromatic nitrogens is 2. The summed E-state index contributed by atoms with van der Waals surface area (Å²) in [5.74, 6) is 1.59. The normalized spacial score (nSPS) is 27.9. The molecule has 7 heteroatoms. The van der Waals surface area contributed by atoms with E-state index < -0.39 is 0 Å². The van der Waals surface area contributed by atoms with E-state index in [9.17, 15) is 4.79 Å². The molecule has 0 saturated carbocycles. The van der Waals surface area contributed by atoms with Gasteiger partial charge in [-0.2, -0.15) is 4.98 Å². The highest BCUT2D eigenvalue weighted by Crippen LogP contribution is 2.40. The van der Waals surface area contributed by atoms with Crippen LogP contribution in [0.4, 0.5) is 0 Å². The van der Waals surface area contributed by atoms with E-state index in [4.69, 9.17) is 13.7 Å². The molecule has 2 aromatic heterocycles. The molecule has 3 atom stereocenters. The topological polar surface area (TPSA) is 81.6 Å². The average Bonchev–Trinajstić information content (AvgIpc) is 3.25. The number of ether oxygens (including phenoxy) is 1. The van der Waals surface area contributed by atoms with Crippen molar-refractivity contribution in [2.24, 2.45) is 5.92 Å². The van der Waals surface area contributed by atoms with Gasteiger partial charge >= 0.3 is 0 Å². The number of fused-ring (bicyclic) bond motifs is 1. The minimum absolute atomic E-state index is 0.00659. The van der Waals surface area contributed by atoms with Gasteiger partial charge in [0.25, 0.3) is 11.8 Å². The molecule has 2 aliphatic heterocycles. The van der Waals surface area contributed by atoms with Crippen LogP contribution in [-0.2, 0) is 4.74 Å². The number of rotatable bonds is 2. The predicted molar refractivity (Wildman–Crippen MR) is 74.0 cm³/mol. The van der Waals surface area contributed by atoms with Gasteiger partial charge in [0.15, 0.2) is 5.82 Å². The largest absolute Gasteiger partial charge is 0.472 e. The van der Waals surface area contributed by atoms with E-state index in [1.165, 1.54) is 12.5 Å². The summed E-state index contributed by atoms with van der Waals surface area (Å²) in [6, 6.07) is 1.69. The molecule has 0 radical (unpaired) electrons. The second kappa shape index (κ2) is 5.24. The molecule has 0 aliphatic carbocycles. The molecule has 0 N–H and O–H groups in total. The van der Waals surface area contributed by atoms with Gasteiger partial charge in [-0.15, -0.1) is 0 Å². The third-order valence-electron chi connectivity index (χ3n) is 4.43. The number of piperidine rings is 1. The lowest BCUT2D eigenvalue weighted by Gasteiger charge is -2.33. The summed E-state index contributed by atoms with van der Waals surface area (Å²) in [6.45, 7) is 3.13. The Kier molecular flexibility index (Phi) is 3.22. The van der Waals surface area contributed by atoms with Crippen molar-refractivity contribution in [3.63, 3.8) is 0 Å². The maximum absolute atomic E-state index is 12.4. The van der Waals surface area contributed by atoms with Gasteiger partial charge in [-0.25, -0.2) is 0 Å². The van der Waals surface area contributed by atoms with Crippen LogP contribution in [-0.4, -0.2) is 40.1 Å². The molecule has 4 heterocycles. The van der Waals surface area contributed by atoms with E-state index in [2.05, 4.69) is 10.1 Å². The minimum atomic E-state index is -0.153. The molecule has 2 saturated heterocycles. The van der Waals surface area contributed by atoms with Crippen LogP contribution in [0.15, 0.2) is 27.5 Å². The highest BCUT2D eigenvalue weighted by Gasteiger charge is 2.42. The minimum Gasteiger partial charge on any atom is -0.472 e. The molecule has 116 valence electrons. The standard InChI is InChI=1S/C15H17N3O4/c1-9-16-14(22-17-9)12-6-10-2-4-18(7-13(10)21-12)15(19)11-3-5-20-8-11/h3,5,8,10,12-13H,2,4,6-7H2,1H3/t10-,12+,13+/m1/s1. The summed E-state index contributed by atoms with van der Waals surface area (Å²) >= 11 is 0. The Bertz CT molecular complexity index is 666. The zero-order chi connectivity index (χ0) is 15.1. The number of hydrogen-bond donors (Lipinski definition) is 0. The lowest BCUT2D eigenvalue weighted by molar-refractivity contribution is -0.0137. The number of nitrogens with zero attached hydrogens (tertiary/aromatic N) is 3. The Morgan fingerprint density at radius 3 is 3.09 bits per heavy atom. The van der Waals surface area contributed by atoms with E-state index in [-0.39, 0.29) is 18.1 Å². The van der Waals surface area contributed by atoms with E-state index in [1.54, 1.807) is 13.0 Å². The van der Waals surface area contributed by atoms with Crippen LogP contribution < -0.4 is 0 Å². The fourth-order valence-corrected chi connectivity index (χ4v) is 3.29. The van der Waals surface area contributed by atoms with Crippen molar-refractivity contribution in [2.75, 3.05) is 13.1 Å². The van der Waals surface area contributed by atoms with Crippen molar-refractivity contribution in [1.82, 2.24) is 15.0 Å². The van der Waals surface area contributed by atoms with Gasteiger partial charge in [0.2, 0.25) is 0 Å². The predicted octanol–water partition coefficient (Wildman–Crippen LogP) is 1.96. The highest BCUT2D eigenvalue weighted by atomic mass is 16.5. The number of carbonyl (C=O) groups is 1. The monoisotopic (exact) mass is 303 g/mol. The van der Waals surface area contributed by atoms with Crippen molar-refractivity contribution in [3.05, 3.63) is 35.9 Å². The first-order valence-electron chi connectivity index (χ1n) is 7.48. The molecule has 7 nitrogen and oxygen atoms in total. The summed E-state index contributed by atoms with van der Waals surface area (Å²) in [6.07, 6.45) is 4.67. The van der Waals surface area contributed by atoms with Gasteiger partial charge < -0.3 is 18.6 Å². The molecular formula is C15H17N3O4. The van der Waals surface area contributed by atoms with Crippen LogP contribution in [0, 0.1) is 12.8 Å². The highest BCUT2D eigenvalue weighted by molar-refractivity contribution is 5.93. The van der Waals surface area contributed by atoms with Crippen molar-refractivity contribution in [3.8, 4) is 0 Å².